The number of methoxy groups -OCH3 is 1. The predicted octanol–water partition coefficient (Wildman–Crippen LogP) is 4.19. The van der Waals surface area contributed by atoms with Crippen LogP contribution >= 0.6 is 11.6 Å². The van der Waals surface area contributed by atoms with E-state index in [1.807, 2.05) is 13.0 Å². The van der Waals surface area contributed by atoms with Crippen molar-refractivity contribution >= 4 is 27.1 Å². The van der Waals surface area contributed by atoms with Gasteiger partial charge in [0.25, 0.3) is 0 Å². The van der Waals surface area contributed by atoms with Crippen LogP contribution in [0.4, 0.5) is 0 Å². The van der Waals surface area contributed by atoms with Gasteiger partial charge in [0.2, 0.25) is 0 Å². The molecule has 1 N–H and O–H groups in total. The molecular weight excluding hydrogens is 386 g/mol. The maximum atomic E-state index is 13.1. The standard InChI is InChI=1S/C20H28ClNO4S/c1-3-15-11-18(22-14-7-4-5-8-14)16-12-17(21)19(26-10-6-9-25-2)13-20(16)27(15,23)24/h11-15,22H,3-10H2,1-2H3. The van der Waals surface area contributed by atoms with E-state index in [-0.39, 0.29) is 0 Å². The lowest BCUT2D eigenvalue weighted by Crippen LogP contribution is -2.31. The van der Waals surface area contributed by atoms with E-state index in [1.165, 1.54) is 12.8 Å². The molecular formula is C20H28ClNO4S. The lowest BCUT2D eigenvalue weighted by atomic mass is 10.1. The molecule has 0 saturated heterocycles. The molecule has 150 valence electrons. The molecule has 1 fully saturated rings. The quantitative estimate of drug-likeness (QED) is 0.647. The van der Waals surface area contributed by atoms with E-state index in [2.05, 4.69) is 5.32 Å². The lowest BCUT2D eigenvalue weighted by molar-refractivity contribution is 0.172. The van der Waals surface area contributed by atoms with Crippen LogP contribution in [0.15, 0.2) is 23.1 Å². The molecule has 0 amide bonds. The van der Waals surface area contributed by atoms with Crippen LogP contribution in [0.1, 0.15) is 51.0 Å². The van der Waals surface area contributed by atoms with E-state index in [1.54, 1.807) is 19.2 Å². The molecule has 1 saturated carbocycles. The Balaban J connectivity index is 1.94. The van der Waals surface area contributed by atoms with Crippen molar-refractivity contribution in [2.75, 3.05) is 20.3 Å². The zero-order valence-electron chi connectivity index (χ0n) is 16.0. The molecule has 7 heteroatoms. The molecule has 0 radical (unpaired) electrons. The Labute approximate surface area is 167 Å². The molecule has 0 bridgehead atoms. The van der Waals surface area contributed by atoms with Crippen LogP contribution in [0.3, 0.4) is 0 Å². The molecule has 3 rings (SSSR count). The molecule has 1 aromatic carbocycles. The highest BCUT2D eigenvalue weighted by Gasteiger charge is 2.34. The first kappa shape index (κ1) is 20.5. The molecule has 1 unspecified atom stereocenters. The van der Waals surface area contributed by atoms with Crippen LogP contribution in [0.5, 0.6) is 5.75 Å². The molecule has 5 nitrogen and oxygen atoms in total. The van der Waals surface area contributed by atoms with Crippen LogP contribution < -0.4 is 10.1 Å². The third-order valence-corrected chi connectivity index (χ3v) is 7.76. The molecule has 0 spiro atoms. The Morgan fingerprint density at radius 1 is 1.22 bits per heavy atom. The number of nitrogens with one attached hydrogen (secondary N) is 1. The van der Waals surface area contributed by atoms with Crippen LogP contribution in [0.25, 0.3) is 5.70 Å². The van der Waals surface area contributed by atoms with E-state index in [4.69, 9.17) is 21.1 Å². The van der Waals surface area contributed by atoms with E-state index in [0.29, 0.717) is 53.3 Å². The number of fused-ring (bicyclic) bond motifs is 1. The maximum Gasteiger partial charge on any atom is 0.185 e. The first-order valence-corrected chi connectivity index (χ1v) is 11.6. The zero-order chi connectivity index (χ0) is 19.4. The van der Waals surface area contributed by atoms with Gasteiger partial charge in [0.05, 0.1) is 21.8 Å². The average Bonchev–Trinajstić information content (AvgIpc) is 3.15. The molecule has 1 heterocycles. The Bertz CT molecular complexity index is 800. The third kappa shape index (κ3) is 4.44. The summed E-state index contributed by atoms with van der Waals surface area (Å²) in [5.41, 5.74) is 1.53. The minimum atomic E-state index is -3.45. The van der Waals surface area contributed by atoms with Crippen molar-refractivity contribution in [2.24, 2.45) is 0 Å². The highest BCUT2D eigenvalue weighted by Crippen LogP contribution is 2.40. The van der Waals surface area contributed by atoms with E-state index < -0.39 is 15.1 Å². The number of halogens is 1. The maximum absolute atomic E-state index is 13.1. The SMILES string of the molecule is CCC1C=C(NC2CCCC2)c2cc(Cl)c(OCCCOC)cc2S1(=O)=O. The van der Waals surface area contributed by atoms with Gasteiger partial charge in [0.1, 0.15) is 5.75 Å². The molecule has 1 aliphatic heterocycles. The number of hydrogen-bond donors (Lipinski definition) is 1. The third-order valence-electron chi connectivity index (χ3n) is 5.25. The highest BCUT2D eigenvalue weighted by atomic mass is 35.5. The number of rotatable bonds is 8. The first-order chi connectivity index (χ1) is 13.0. The lowest BCUT2D eigenvalue weighted by Gasteiger charge is -2.27. The Morgan fingerprint density at radius 2 is 1.96 bits per heavy atom. The zero-order valence-corrected chi connectivity index (χ0v) is 17.5. The average molecular weight is 414 g/mol. The normalized spacial score (nSPS) is 21.6. The molecule has 0 aromatic heterocycles. The van der Waals surface area contributed by atoms with Gasteiger partial charge in [0.15, 0.2) is 9.84 Å². The largest absolute Gasteiger partial charge is 0.492 e. The second kappa shape index (κ2) is 8.84. The van der Waals surface area contributed by atoms with Gasteiger partial charge >= 0.3 is 0 Å². The van der Waals surface area contributed by atoms with Crippen LogP contribution in [0.2, 0.25) is 5.02 Å². The smallest absolute Gasteiger partial charge is 0.185 e. The second-order valence-corrected chi connectivity index (χ2v) is 9.71. The van der Waals surface area contributed by atoms with Gasteiger partial charge in [-0.3, -0.25) is 0 Å². The van der Waals surface area contributed by atoms with Gasteiger partial charge in [-0.15, -0.1) is 0 Å². The topological polar surface area (TPSA) is 64.6 Å². The number of benzene rings is 1. The fourth-order valence-corrected chi connectivity index (χ4v) is 5.80. The van der Waals surface area contributed by atoms with Gasteiger partial charge in [-0.1, -0.05) is 31.4 Å². The van der Waals surface area contributed by atoms with Crippen molar-refractivity contribution in [3.8, 4) is 5.75 Å². The summed E-state index contributed by atoms with van der Waals surface area (Å²) < 4.78 is 36.9. The van der Waals surface area contributed by atoms with Gasteiger partial charge in [0, 0.05) is 43.5 Å². The fraction of sp³-hybridized carbons (Fsp3) is 0.600. The van der Waals surface area contributed by atoms with Gasteiger partial charge in [-0.25, -0.2) is 8.42 Å². The molecule has 1 atom stereocenters. The van der Waals surface area contributed by atoms with Crippen molar-refractivity contribution in [1.29, 1.82) is 0 Å². The van der Waals surface area contributed by atoms with Crippen LogP contribution in [-0.2, 0) is 14.6 Å². The summed E-state index contributed by atoms with van der Waals surface area (Å²) in [5.74, 6) is 0.409. The number of hydrogen-bond acceptors (Lipinski definition) is 5. The summed E-state index contributed by atoms with van der Waals surface area (Å²) in [6, 6.07) is 3.71. The van der Waals surface area contributed by atoms with Crippen molar-refractivity contribution < 1.29 is 17.9 Å². The highest BCUT2D eigenvalue weighted by molar-refractivity contribution is 7.92. The van der Waals surface area contributed by atoms with Gasteiger partial charge in [-0.2, -0.15) is 0 Å². The Kier molecular flexibility index (Phi) is 6.71. The van der Waals surface area contributed by atoms with Crippen molar-refractivity contribution in [1.82, 2.24) is 5.32 Å². The van der Waals surface area contributed by atoms with Gasteiger partial charge < -0.3 is 14.8 Å². The van der Waals surface area contributed by atoms with Crippen LogP contribution in [0, 0.1) is 0 Å². The summed E-state index contributed by atoms with van der Waals surface area (Å²) in [6.45, 7) is 2.90. The summed E-state index contributed by atoms with van der Waals surface area (Å²) in [4.78, 5) is 0.309. The Hall–Kier alpha value is -1.24. The monoisotopic (exact) mass is 413 g/mol. The van der Waals surface area contributed by atoms with Crippen molar-refractivity contribution in [3.63, 3.8) is 0 Å². The fourth-order valence-electron chi connectivity index (χ4n) is 3.76. The summed E-state index contributed by atoms with van der Waals surface area (Å²) in [6.07, 6.45) is 7.75. The second-order valence-electron chi connectivity index (χ2n) is 7.17. The first-order valence-electron chi connectivity index (χ1n) is 9.65. The predicted molar refractivity (Wildman–Crippen MR) is 108 cm³/mol. The molecule has 2 aliphatic rings. The van der Waals surface area contributed by atoms with Crippen LogP contribution in [-0.4, -0.2) is 40.0 Å². The van der Waals surface area contributed by atoms with E-state index >= 15 is 0 Å². The van der Waals surface area contributed by atoms with E-state index in [0.717, 1.165) is 18.5 Å². The van der Waals surface area contributed by atoms with Crippen molar-refractivity contribution in [3.05, 3.63) is 28.8 Å². The summed E-state index contributed by atoms with van der Waals surface area (Å²) in [5, 5.41) is 3.46. The minimum absolute atomic E-state index is 0.309. The molecule has 1 aliphatic carbocycles. The number of ether oxygens (including phenoxy) is 2. The van der Waals surface area contributed by atoms with Crippen molar-refractivity contribution in [2.45, 2.75) is 61.6 Å². The molecule has 27 heavy (non-hydrogen) atoms. The Morgan fingerprint density at radius 3 is 2.63 bits per heavy atom. The summed E-state index contributed by atoms with van der Waals surface area (Å²) >= 11 is 6.41. The summed E-state index contributed by atoms with van der Waals surface area (Å²) in [7, 11) is -1.82. The van der Waals surface area contributed by atoms with E-state index in [9.17, 15) is 8.42 Å². The number of sulfone groups is 1. The minimum Gasteiger partial charge on any atom is -0.492 e. The van der Waals surface area contributed by atoms with Gasteiger partial charge in [-0.05, 0) is 31.4 Å². The molecule has 1 aromatic rings.